The maximum Gasteiger partial charge on any atom is 0.263 e. The largest absolute Gasteiger partial charge is 0.324 e. The summed E-state index contributed by atoms with van der Waals surface area (Å²) in [6, 6.07) is 12.7. The zero-order valence-electron chi connectivity index (χ0n) is 15.5. The quantitative estimate of drug-likeness (QED) is 0.827. The SMILES string of the molecule is Cc1ccc(N2C(=O)[C@H]3N=NN(CC(=O)Nc4ccccc4C)[C@@H]3C2=O)cc1. The molecule has 2 heterocycles. The predicted octanol–water partition coefficient (Wildman–Crippen LogP) is 2.24. The Bertz CT molecular complexity index is 986. The molecule has 8 nitrogen and oxygen atoms in total. The van der Waals surface area contributed by atoms with Crippen molar-refractivity contribution in [2.75, 3.05) is 16.8 Å². The molecule has 0 spiro atoms. The van der Waals surface area contributed by atoms with Crippen LogP contribution in [0.2, 0.25) is 0 Å². The molecule has 0 saturated carbocycles. The molecule has 0 bridgehead atoms. The highest BCUT2D eigenvalue weighted by atomic mass is 16.2. The number of nitrogens with one attached hydrogen (secondary N) is 1. The van der Waals surface area contributed by atoms with Crippen LogP contribution in [-0.4, -0.2) is 41.4 Å². The third-order valence-electron chi connectivity index (χ3n) is 4.87. The number of carbonyl (C=O) groups is 3. The predicted molar refractivity (Wildman–Crippen MR) is 103 cm³/mol. The van der Waals surface area contributed by atoms with Gasteiger partial charge in [0.05, 0.1) is 5.69 Å². The van der Waals surface area contributed by atoms with Crippen molar-refractivity contribution in [2.45, 2.75) is 25.9 Å². The molecule has 0 aliphatic carbocycles. The Balaban J connectivity index is 1.49. The average Bonchev–Trinajstić information content (AvgIpc) is 3.18. The molecule has 3 amide bonds. The number of fused-ring (bicyclic) bond motifs is 1. The number of nitrogens with zero attached hydrogens (tertiary/aromatic N) is 4. The van der Waals surface area contributed by atoms with E-state index in [0.29, 0.717) is 11.4 Å². The fourth-order valence-corrected chi connectivity index (χ4v) is 3.35. The molecular weight excluding hydrogens is 358 g/mol. The van der Waals surface area contributed by atoms with Crippen molar-refractivity contribution in [3.05, 3.63) is 59.7 Å². The van der Waals surface area contributed by atoms with Crippen LogP contribution in [0.15, 0.2) is 58.9 Å². The number of benzene rings is 2. The number of para-hydroxylation sites is 1. The Morgan fingerprint density at radius 3 is 2.46 bits per heavy atom. The first-order valence-corrected chi connectivity index (χ1v) is 8.93. The first-order valence-electron chi connectivity index (χ1n) is 8.93. The standard InChI is InChI=1S/C20H19N5O3/c1-12-7-9-14(10-8-12)25-19(27)17-18(20(25)28)24(23-22-17)11-16(26)21-15-6-4-3-5-13(15)2/h3-10,17-18H,11H2,1-2H3,(H,21,26)/t17-,18-/m0/s1. The molecule has 2 aliphatic rings. The fourth-order valence-electron chi connectivity index (χ4n) is 3.35. The van der Waals surface area contributed by atoms with Gasteiger partial charge in [0.25, 0.3) is 11.8 Å². The average molecular weight is 377 g/mol. The second-order valence-electron chi connectivity index (χ2n) is 6.90. The Labute approximate surface area is 161 Å². The van der Waals surface area contributed by atoms with Gasteiger partial charge in [0.2, 0.25) is 5.91 Å². The minimum atomic E-state index is -0.917. The molecule has 0 unspecified atom stereocenters. The Hall–Kier alpha value is -3.55. The van der Waals surface area contributed by atoms with Crippen molar-refractivity contribution in [1.29, 1.82) is 0 Å². The van der Waals surface area contributed by atoms with E-state index in [1.807, 2.05) is 44.2 Å². The second-order valence-corrected chi connectivity index (χ2v) is 6.90. The van der Waals surface area contributed by atoms with E-state index in [1.54, 1.807) is 18.2 Å². The van der Waals surface area contributed by atoms with Gasteiger partial charge >= 0.3 is 0 Å². The van der Waals surface area contributed by atoms with Crippen LogP contribution < -0.4 is 10.2 Å². The molecule has 8 heteroatoms. The van der Waals surface area contributed by atoms with Crippen LogP contribution in [0.25, 0.3) is 0 Å². The van der Waals surface area contributed by atoms with E-state index in [-0.39, 0.29) is 12.5 Å². The number of amides is 3. The van der Waals surface area contributed by atoms with Gasteiger partial charge in [-0.15, -0.1) is 0 Å². The van der Waals surface area contributed by atoms with E-state index in [1.165, 1.54) is 5.01 Å². The normalized spacial score (nSPS) is 20.6. The minimum Gasteiger partial charge on any atom is -0.324 e. The summed E-state index contributed by atoms with van der Waals surface area (Å²) in [6.45, 7) is 3.65. The number of hydrogen-bond acceptors (Lipinski definition) is 6. The van der Waals surface area contributed by atoms with Gasteiger partial charge in [0.1, 0.15) is 6.54 Å². The minimum absolute atomic E-state index is 0.167. The molecular formula is C20H19N5O3. The topological polar surface area (TPSA) is 94.4 Å². The van der Waals surface area contributed by atoms with Crippen LogP contribution in [0.5, 0.6) is 0 Å². The van der Waals surface area contributed by atoms with Gasteiger partial charge in [-0.1, -0.05) is 41.1 Å². The molecule has 0 radical (unpaired) electrons. The maximum absolute atomic E-state index is 12.9. The molecule has 1 N–H and O–H groups in total. The summed E-state index contributed by atoms with van der Waals surface area (Å²) in [5.41, 5.74) is 3.14. The summed E-state index contributed by atoms with van der Waals surface area (Å²) in [6.07, 6.45) is 0. The van der Waals surface area contributed by atoms with Crippen molar-refractivity contribution in [3.8, 4) is 0 Å². The fraction of sp³-hybridized carbons (Fsp3) is 0.250. The molecule has 0 aromatic heterocycles. The molecule has 1 fully saturated rings. The van der Waals surface area contributed by atoms with Gasteiger partial charge in [-0.25, -0.2) is 4.90 Å². The highest BCUT2D eigenvalue weighted by Gasteiger charge is 2.55. The van der Waals surface area contributed by atoms with Gasteiger partial charge in [0.15, 0.2) is 12.1 Å². The van der Waals surface area contributed by atoms with Crippen molar-refractivity contribution in [2.24, 2.45) is 10.3 Å². The van der Waals surface area contributed by atoms with E-state index < -0.39 is 23.9 Å². The summed E-state index contributed by atoms with van der Waals surface area (Å²) in [5.74, 6) is -1.18. The van der Waals surface area contributed by atoms with Crippen LogP contribution >= 0.6 is 0 Å². The van der Waals surface area contributed by atoms with E-state index in [9.17, 15) is 14.4 Å². The summed E-state index contributed by atoms with van der Waals surface area (Å²) < 4.78 is 0. The lowest BCUT2D eigenvalue weighted by Gasteiger charge is -2.20. The van der Waals surface area contributed by atoms with Crippen LogP contribution in [0.4, 0.5) is 11.4 Å². The van der Waals surface area contributed by atoms with E-state index >= 15 is 0 Å². The van der Waals surface area contributed by atoms with E-state index in [2.05, 4.69) is 15.7 Å². The third kappa shape index (κ3) is 3.02. The van der Waals surface area contributed by atoms with Crippen LogP contribution in [0.1, 0.15) is 11.1 Å². The third-order valence-corrected chi connectivity index (χ3v) is 4.87. The zero-order valence-corrected chi connectivity index (χ0v) is 15.5. The van der Waals surface area contributed by atoms with Gasteiger partial charge in [-0.05, 0) is 37.6 Å². The Morgan fingerprint density at radius 1 is 1.04 bits per heavy atom. The van der Waals surface area contributed by atoms with Gasteiger partial charge < -0.3 is 5.32 Å². The Kier molecular flexibility index (Phi) is 4.38. The molecule has 4 rings (SSSR count). The molecule has 1 saturated heterocycles. The summed E-state index contributed by atoms with van der Waals surface area (Å²) in [4.78, 5) is 39.1. The molecule has 2 aromatic rings. The van der Waals surface area contributed by atoms with Gasteiger partial charge in [0, 0.05) is 5.69 Å². The van der Waals surface area contributed by atoms with Crippen molar-refractivity contribution < 1.29 is 14.4 Å². The van der Waals surface area contributed by atoms with Crippen molar-refractivity contribution in [1.82, 2.24) is 5.01 Å². The first kappa shape index (κ1) is 17.8. The number of aryl methyl sites for hydroxylation is 2. The van der Waals surface area contributed by atoms with Gasteiger partial charge in [-0.3, -0.25) is 19.4 Å². The number of rotatable bonds is 4. The molecule has 2 aromatic carbocycles. The first-order chi connectivity index (χ1) is 13.5. The highest BCUT2D eigenvalue weighted by Crippen LogP contribution is 2.31. The number of anilines is 2. The summed E-state index contributed by atoms with van der Waals surface area (Å²) in [5, 5.41) is 11.9. The van der Waals surface area contributed by atoms with E-state index in [4.69, 9.17) is 0 Å². The summed E-state index contributed by atoms with van der Waals surface area (Å²) >= 11 is 0. The molecule has 2 atom stereocenters. The highest BCUT2D eigenvalue weighted by molar-refractivity contribution is 6.25. The van der Waals surface area contributed by atoms with Crippen LogP contribution in [0.3, 0.4) is 0 Å². The number of imide groups is 1. The zero-order chi connectivity index (χ0) is 19.8. The van der Waals surface area contributed by atoms with Crippen LogP contribution in [0, 0.1) is 13.8 Å². The monoisotopic (exact) mass is 377 g/mol. The van der Waals surface area contributed by atoms with Gasteiger partial charge in [-0.2, -0.15) is 5.11 Å². The lowest BCUT2D eigenvalue weighted by atomic mass is 10.1. The molecule has 28 heavy (non-hydrogen) atoms. The lowest BCUT2D eigenvalue weighted by Crippen LogP contribution is -2.43. The van der Waals surface area contributed by atoms with Crippen molar-refractivity contribution in [3.63, 3.8) is 0 Å². The lowest BCUT2D eigenvalue weighted by molar-refractivity contribution is -0.123. The number of hydrogen-bond donors (Lipinski definition) is 1. The maximum atomic E-state index is 12.9. The van der Waals surface area contributed by atoms with E-state index in [0.717, 1.165) is 16.0 Å². The number of carbonyl (C=O) groups excluding carboxylic acids is 3. The summed E-state index contributed by atoms with van der Waals surface area (Å²) in [7, 11) is 0. The second kappa shape index (κ2) is 6.88. The smallest absolute Gasteiger partial charge is 0.263 e. The van der Waals surface area contributed by atoms with Crippen molar-refractivity contribution >= 4 is 29.1 Å². The molecule has 142 valence electrons. The molecule has 2 aliphatic heterocycles. The Morgan fingerprint density at radius 2 is 1.75 bits per heavy atom. The van der Waals surface area contributed by atoms with Crippen LogP contribution in [-0.2, 0) is 14.4 Å².